The minimum absolute atomic E-state index is 0.136. The number of nitrogens with one attached hydrogen (secondary N) is 2. The number of carbonyl (C=O) groups is 2. The third kappa shape index (κ3) is 3.79. The number of carbonyl (C=O) groups excluding carboxylic acids is 2. The van der Waals surface area contributed by atoms with E-state index in [0.717, 1.165) is 37.2 Å². The molecule has 2 aliphatic rings. The first-order chi connectivity index (χ1) is 15.6. The van der Waals surface area contributed by atoms with Crippen LogP contribution in [-0.2, 0) is 11.2 Å². The second kappa shape index (κ2) is 8.43. The van der Waals surface area contributed by atoms with Crippen LogP contribution < -0.4 is 10.6 Å². The number of rotatable bonds is 4. The van der Waals surface area contributed by atoms with Crippen molar-refractivity contribution in [1.82, 2.24) is 20.2 Å². The highest BCUT2D eigenvalue weighted by molar-refractivity contribution is 6.30. The van der Waals surface area contributed by atoms with Gasteiger partial charge >= 0.3 is 0 Å². The van der Waals surface area contributed by atoms with Crippen molar-refractivity contribution in [3.8, 4) is 5.69 Å². The lowest BCUT2D eigenvalue weighted by atomic mass is 9.94. The van der Waals surface area contributed by atoms with Crippen LogP contribution in [0.1, 0.15) is 59.9 Å². The third-order valence-corrected chi connectivity index (χ3v) is 6.84. The molecule has 1 aliphatic carbocycles. The quantitative estimate of drug-likeness (QED) is 0.622. The fourth-order valence-corrected chi connectivity index (χ4v) is 5.00. The lowest BCUT2D eigenvalue weighted by molar-refractivity contribution is -0.128. The van der Waals surface area contributed by atoms with Crippen molar-refractivity contribution in [1.29, 1.82) is 0 Å². The first kappa shape index (κ1) is 20.8. The molecule has 2 heterocycles. The molecule has 2 amide bonds. The summed E-state index contributed by atoms with van der Waals surface area (Å²) in [6, 6.07) is 14.7. The topological polar surface area (TPSA) is 76.0 Å². The molecule has 164 valence electrons. The van der Waals surface area contributed by atoms with Gasteiger partial charge in [-0.3, -0.25) is 9.59 Å². The van der Waals surface area contributed by atoms with Crippen molar-refractivity contribution < 1.29 is 9.59 Å². The second-order valence-corrected chi connectivity index (χ2v) is 9.04. The van der Waals surface area contributed by atoms with Gasteiger partial charge in [0.25, 0.3) is 5.91 Å². The predicted octanol–water partition coefficient (Wildman–Crippen LogP) is 4.37. The summed E-state index contributed by atoms with van der Waals surface area (Å²) in [4.78, 5) is 31.1. The number of imidazole rings is 1. The zero-order chi connectivity index (χ0) is 22.1. The molecule has 1 aromatic heterocycles. The zero-order valence-corrected chi connectivity index (χ0v) is 18.4. The fourth-order valence-electron chi connectivity index (χ4n) is 4.87. The molecule has 2 N–H and O–H groups in total. The van der Waals surface area contributed by atoms with Gasteiger partial charge in [0.1, 0.15) is 11.4 Å². The molecule has 7 heteroatoms. The Morgan fingerprint density at radius 2 is 1.81 bits per heavy atom. The Bertz CT molecular complexity index is 1150. The summed E-state index contributed by atoms with van der Waals surface area (Å²) in [5.41, 5.74) is 1.92. The Hall–Kier alpha value is -3.12. The van der Waals surface area contributed by atoms with Crippen LogP contribution in [0, 0.1) is 0 Å². The lowest BCUT2D eigenvalue weighted by Gasteiger charge is -2.31. The van der Waals surface area contributed by atoms with Gasteiger partial charge in [-0.25, -0.2) is 4.98 Å². The van der Waals surface area contributed by atoms with Gasteiger partial charge in [0, 0.05) is 28.7 Å². The molecule has 1 atom stereocenters. The first-order valence-electron chi connectivity index (χ1n) is 11.1. The van der Waals surface area contributed by atoms with E-state index in [1.54, 1.807) is 30.5 Å². The van der Waals surface area contributed by atoms with Crippen molar-refractivity contribution in [3.63, 3.8) is 0 Å². The van der Waals surface area contributed by atoms with Gasteiger partial charge in [-0.05, 0) is 61.6 Å². The number of benzene rings is 2. The molecule has 5 rings (SSSR count). The summed E-state index contributed by atoms with van der Waals surface area (Å²) >= 11 is 5.95. The maximum atomic E-state index is 13.6. The number of fused-ring (bicyclic) bond motifs is 3. The molecule has 2 aromatic carbocycles. The summed E-state index contributed by atoms with van der Waals surface area (Å²) in [5.74, 6) is 0.428. The van der Waals surface area contributed by atoms with Gasteiger partial charge in [-0.2, -0.15) is 0 Å². The van der Waals surface area contributed by atoms with E-state index in [-0.39, 0.29) is 17.9 Å². The summed E-state index contributed by atoms with van der Waals surface area (Å²) in [6.07, 6.45) is 8.35. The number of hydrogen-bond donors (Lipinski definition) is 2. The standard InChI is InChI=1S/C25H25ClN4O2/c26-19-10-7-18(8-11-19)23(31)29-25(13-3-4-14-25)24(32)28-20-12-9-17-5-1-2-6-21(17)30-16-15-27-22(20)30/h1-2,5-8,10-11,15-16,20H,3-4,9,12-14H2,(H,28,32)(H,29,31)/t20-/m1/s1. The van der Waals surface area contributed by atoms with Gasteiger partial charge in [-0.1, -0.05) is 42.6 Å². The van der Waals surface area contributed by atoms with Crippen LogP contribution in [0.3, 0.4) is 0 Å². The van der Waals surface area contributed by atoms with Crippen LogP contribution in [0.4, 0.5) is 0 Å². The molecular formula is C25H25ClN4O2. The van der Waals surface area contributed by atoms with Crippen molar-refractivity contribution in [2.24, 2.45) is 0 Å². The Morgan fingerprint density at radius 3 is 2.59 bits per heavy atom. The minimum Gasteiger partial charge on any atom is -0.344 e. The predicted molar refractivity (Wildman–Crippen MR) is 123 cm³/mol. The molecule has 0 bridgehead atoms. The van der Waals surface area contributed by atoms with E-state index in [9.17, 15) is 9.59 Å². The van der Waals surface area contributed by atoms with Crippen molar-refractivity contribution in [3.05, 3.63) is 82.9 Å². The van der Waals surface area contributed by atoms with Gasteiger partial charge in [0.2, 0.25) is 5.91 Å². The molecule has 0 saturated heterocycles. The average molecular weight is 449 g/mol. The van der Waals surface area contributed by atoms with Crippen LogP contribution >= 0.6 is 11.6 Å². The second-order valence-electron chi connectivity index (χ2n) is 8.60. The van der Waals surface area contributed by atoms with Crippen LogP contribution in [0.15, 0.2) is 60.9 Å². The maximum absolute atomic E-state index is 13.6. The van der Waals surface area contributed by atoms with E-state index in [2.05, 4.69) is 32.3 Å². The molecule has 3 aromatic rings. The molecule has 0 radical (unpaired) electrons. The Morgan fingerprint density at radius 1 is 1.06 bits per heavy atom. The Balaban J connectivity index is 1.38. The smallest absolute Gasteiger partial charge is 0.252 e. The van der Waals surface area contributed by atoms with Crippen molar-refractivity contribution >= 4 is 23.4 Å². The summed E-state index contributed by atoms with van der Waals surface area (Å²) in [7, 11) is 0. The number of hydrogen-bond acceptors (Lipinski definition) is 3. The monoisotopic (exact) mass is 448 g/mol. The van der Waals surface area contributed by atoms with Crippen LogP contribution in [0.25, 0.3) is 5.69 Å². The molecule has 1 fully saturated rings. The number of para-hydroxylation sites is 1. The SMILES string of the molecule is O=C(NC1(C(=O)N[C@@H]2CCc3ccccc3-n3ccnc32)CCCC1)c1ccc(Cl)cc1. The number of nitrogens with zero attached hydrogens (tertiary/aromatic N) is 2. The molecule has 1 aliphatic heterocycles. The Kier molecular flexibility index (Phi) is 5.47. The van der Waals surface area contributed by atoms with E-state index in [4.69, 9.17) is 11.6 Å². The van der Waals surface area contributed by atoms with E-state index < -0.39 is 5.54 Å². The van der Waals surface area contributed by atoms with Crippen molar-refractivity contribution in [2.45, 2.75) is 50.1 Å². The summed E-state index contributed by atoms with van der Waals surface area (Å²) < 4.78 is 2.06. The highest BCUT2D eigenvalue weighted by Crippen LogP contribution is 2.33. The summed E-state index contributed by atoms with van der Waals surface area (Å²) in [5, 5.41) is 6.84. The summed E-state index contributed by atoms with van der Waals surface area (Å²) in [6.45, 7) is 0. The third-order valence-electron chi connectivity index (χ3n) is 6.59. The molecular weight excluding hydrogens is 424 g/mol. The largest absolute Gasteiger partial charge is 0.344 e. The van der Waals surface area contributed by atoms with Crippen LogP contribution in [0.5, 0.6) is 0 Å². The highest BCUT2D eigenvalue weighted by Gasteiger charge is 2.43. The number of aromatic nitrogens is 2. The maximum Gasteiger partial charge on any atom is 0.252 e. The highest BCUT2D eigenvalue weighted by atomic mass is 35.5. The van der Waals surface area contributed by atoms with Gasteiger partial charge < -0.3 is 15.2 Å². The molecule has 32 heavy (non-hydrogen) atoms. The van der Waals surface area contributed by atoms with Crippen LogP contribution in [0.2, 0.25) is 5.02 Å². The van der Waals surface area contributed by atoms with Gasteiger partial charge in [0.05, 0.1) is 6.04 Å². The van der Waals surface area contributed by atoms with E-state index in [0.29, 0.717) is 23.4 Å². The molecule has 0 spiro atoms. The van der Waals surface area contributed by atoms with E-state index in [1.165, 1.54) is 5.56 Å². The number of halogens is 1. The number of amides is 2. The molecule has 0 unspecified atom stereocenters. The lowest BCUT2D eigenvalue weighted by Crippen LogP contribution is -2.57. The number of aryl methyl sites for hydroxylation is 1. The van der Waals surface area contributed by atoms with E-state index >= 15 is 0 Å². The van der Waals surface area contributed by atoms with Crippen molar-refractivity contribution in [2.75, 3.05) is 0 Å². The van der Waals surface area contributed by atoms with Gasteiger partial charge in [-0.15, -0.1) is 0 Å². The normalized spacial score (nSPS) is 18.8. The minimum atomic E-state index is -0.909. The first-order valence-corrected chi connectivity index (χ1v) is 11.4. The zero-order valence-electron chi connectivity index (χ0n) is 17.7. The van der Waals surface area contributed by atoms with Gasteiger partial charge in [0.15, 0.2) is 0 Å². The Labute approximate surface area is 192 Å². The molecule has 6 nitrogen and oxygen atoms in total. The molecule has 1 saturated carbocycles. The van der Waals surface area contributed by atoms with Crippen LogP contribution in [-0.4, -0.2) is 26.9 Å². The fraction of sp³-hybridized carbons (Fsp3) is 0.320. The van der Waals surface area contributed by atoms with E-state index in [1.807, 2.05) is 18.3 Å². The average Bonchev–Trinajstić information content (AvgIpc) is 3.45.